The molecule has 0 saturated heterocycles. The molecule has 29 heteroatoms. The number of nitro groups is 1. The molecule has 121 heavy (non-hydrogen) atoms. The Hall–Kier alpha value is -12.8. The number of ether oxygens (including phenoxy) is 1. The fraction of sp³-hybridized carbons (Fsp3) is 0.152. The highest BCUT2D eigenvalue weighted by atomic mass is 35.5. The van der Waals surface area contributed by atoms with Crippen LogP contribution in [0.2, 0.25) is 15.1 Å². The van der Waals surface area contributed by atoms with Crippen molar-refractivity contribution in [1.29, 1.82) is 0 Å². The van der Waals surface area contributed by atoms with Crippen LogP contribution in [0, 0.1) is 17.0 Å². The van der Waals surface area contributed by atoms with Gasteiger partial charge in [0.25, 0.3) is 5.69 Å². The van der Waals surface area contributed by atoms with Crippen LogP contribution in [0.4, 0.5) is 48.4 Å². The normalized spacial score (nSPS) is 15.4. The first-order chi connectivity index (χ1) is 57.9. The SMILES string of the molecule is CC(=O)C1=C(C)Nc2sc(C(=O)c3cc(Cl)ccc3Cl)c(N)c2C1c1ccccc1.CC(=O)C1=C(C)Nc2sc(C(=O)c3ccc(Cl)c(C)c3)c(N)c2C1c1cccnc1.CC(=O)C1=C(C)Nc2sc(C(=O)c3cccc([N+](=O)[O-])c3)c(N)c2C1c1cccnc1.CCOC(=O)C1=C(C)Nc2sc(C(=O)c3ccccc3)c(N)c2C1c1ccccc1. The number of anilines is 8. The van der Waals surface area contributed by atoms with Gasteiger partial charge >= 0.3 is 5.97 Å². The highest BCUT2D eigenvalue weighted by Gasteiger charge is 2.42. The average molecular weight is 1750 g/mol. The minimum atomic E-state index is -0.550. The van der Waals surface area contributed by atoms with Crippen molar-refractivity contribution in [3.8, 4) is 0 Å². The molecule has 4 unspecified atom stereocenters. The number of carbonyl (C=O) groups is 8. The molecule has 22 nitrogen and oxygen atoms in total. The Balaban J connectivity index is 0.000000139. The van der Waals surface area contributed by atoms with Crippen molar-refractivity contribution in [1.82, 2.24) is 9.97 Å². The lowest BCUT2D eigenvalue weighted by Gasteiger charge is -2.28. The number of halogens is 3. The standard InChI is InChI=1S/C24H22N2O3S.C23H18Cl2N2O2S.C23H20ClN3O2S.C22H18N4O4S/c1-3-29-24(28)17-14(2)26-23-19(18(17)15-10-6-4-7-11-15)20(25)22(30-23)21(27)16-12-8-5-9-13-16;1-11-17(12(2)28)18(13-6-4-3-5-7-13)19-20(26)22(30-23(19)27-11)21(29)15-10-14(24)8-9-16(15)25;1-11-9-14(6-7-16(11)24)21(29)22-20(25)19-18(15-5-4-8-26-10-15)17(13(3)28)12(2)27-23(19)30-22;1-11-16(12(2)27)17(14-6-4-8-24-10-14)18-19(23)21(31-22(18)25-11)20(28)13-5-3-7-15(9-13)26(29)30/h4-13,18,26H,3,25H2,1-2H3;3-10,18,27H,26H2,1-2H3;4-10,18,27H,25H2,1-3H3;3-10,17,25H,23H2,1-2H3. The van der Waals surface area contributed by atoms with Crippen LogP contribution in [-0.4, -0.2) is 68.0 Å². The van der Waals surface area contributed by atoms with E-state index in [-0.39, 0.29) is 80.9 Å². The molecule has 0 spiro atoms. The predicted molar refractivity (Wildman–Crippen MR) is 484 cm³/mol. The van der Waals surface area contributed by atoms with Gasteiger partial charge in [-0.3, -0.25) is 53.6 Å². The molecule has 4 aliphatic heterocycles. The maximum atomic E-state index is 13.3. The summed E-state index contributed by atoms with van der Waals surface area (Å²) in [5, 5.41) is 28.4. The number of carbonyl (C=O) groups excluding carboxylic acids is 8. The van der Waals surface area contributed by atoms with E-state index < -0.39 is 22.5 Å². The number of pyridine rings is 2. The molecule has 16 rings (SSSR count). The molecule has 0 aliphatic carbocycles. The number of hydrogen-bond donors (Lipinski definition) is 8. The van der Waals surface area contributed by atoms with Crippen molar-refractivity contribution in [2.24, 2.45) is 0 Å². The predicted octanol–water partition coefficient (Wildman–Crippen LogP) is 20.9. The molecule has 612 valence electrons. The number of benzene rings is 6. The monoisotopic (exact) mass is 1750 g/mol. The van der Waals surface area contributed by atoms with Crippen LogP contribution in [0.5, 0.6) is 0 Å². The highest BCUT2D eigenvalue weighted by Crippen LogP contribution is 2.56. The lowest BCUT2D eigenvalue weighted by Crippen LogP contribution is -2.24. The van der Waals surface area contributed by atoms with Gasteiger partial charge in [0.2, 0.25) is 23.1 Å². The third-order valence-corrected chi connectivity index (χ3v) is 26.3. The van der Waals surface area contributed by atoms with Gasteiger partial charge in [0.15, 0.2) is 17.3 Å². The molecular weight excluding hydrogens is 1670 g/mol. The maximum absolute atomic E-state index is 13.3. The Kier molecular flexibility index (Phi) is 25.9. The number of nitro benzene ring substituents is 1. The van der Waals surface area contributed by atoms with Crippen LogP contribution < -0.4 is 44.2 Å². The molecule has 0 fully saturated rings. The topological polar surface area (TPSA) is 367 Å². The lowest BCUT2D eigenvalue weighted by atomic mass is 9.80. The summed E-state index contributed by atoms with van der Waals surface area (Å²) in [7, 11) is 0. The molecule has 4 atom stereocenters. The summed E-state index contributed by atoms with van der Waals surface area (Å²) < 4.78 is 5.34. The summed E-state index contributed by atoms with van der Waals surface area (Å²) in [6.45, 7) is 15.9. The van der Waals surface area contributed by atoms with Crippen molar-refractivity contribution in [3.63, 3.8) is 0 Å². The number of Topliss-reactive ketones (excluding diaryl/α,β-unsaturated/α-hetero) is 3. The number of nitrogens with zero attached hydrogens (tertiary/aromatic N) is 3. The second-order valence-electron chi connectivity index (χ2n) is 28.6. The number of nitrogens with one attached hydrogen (secondary N) is 4. The van der Waals surface area contributed by atoms with E-state index in [1.54, 1.807) is 101 Å². The van der Waals surface area contributed by atoms with Crippen molar-refractivity contribution >= 4 is 175 Å². The van der Waals surface area contributed by atoms with E-state index in [4.69, 9.17) is 62.5 Å². The van der Waals surface area contributed by atoms with Crippen LogP contribution in [0.25, 0.3) is 0 Å². The van der Waals surface area contributed by atoms with Crippen LogP contribution >= 0.6 is 80.1 Å². The smallest absolute Gasteiger partial charge is 0.336 e. The summed E-state index contributed by atoms with van der Waals surface area (Å²) in [5.41, 5.74) is 41.3. The Morgan fingerprint density at radius 2 is 0.777 bits per heavy atom. The molecule has 0 amide bonds. The van der Waals surface area contributed by atoms with Crippen LogP contribution in [-0.2, 0) is 23.9 Å². The quantitative estimate of drug-likeness (QED) is 0.0171. The second kappa shape index (κ2) is 36.4. The van der Waals surface area contributed by atoms with Crippen LogP contribution in [0.1, 0.15) is 190 Å². The number of thiophene rings is 4. The summed E-state index contributed by atoms with van der Waals surface area (Å²) in [4.78, 5) is 124. The minimum absolute atomic E-state index is 0.0455. The third-order valence-electron chi connectivity index (χ3n) is 20.8. The zero-order valence-corrected chi connectivity index (χ0v) is 72.0. The van der Waals surface area contributed by atoms with Gasteiger partial charge in [-0.05, 0) is 139 Å². The molecule has 0 saturated carbocycles. The number of fused-ring (bicyclic) bond motifs is 4. The Morgan fingerprint density at radius 3 is 1.17 bits per heavy atom. The van der Waals surface area contributed by atoms with Crippen molar-refractivity contribution in [2.75, 3.05) is 50.8 Å². The van der Waals surface area contributed by atoms with Gasteiger partial charge in [0, 0.05) is 155 Å². The fourth-order valence-corrected chi connectivity index (χ4v) is 20.5. The van der Waals surface area contributed by atoms with Crippen molar-refractivity contribution in [3.05, 3.63) is 363 Å². The zero-order valence-electron chi connectivity index (χ0n) is 66.5. The number of ketones is 7. The second-order valence-corrected chi connectivity index (χ2v) is 33.9. The number of rotatable bonds is 18. The van der Waals surface area contributed by atoms with E-state index in [0.29, 0.717) is 108 Å². The van der Waals surface area contributed by atoms with Gasteiger partial charge < -0.3 is 48.9 Å². The molecular formula is C92H78Cl3N11O11S4. The lowest BCUT2D eigenvalue weighted by molar-refractivity contribution is -0.384. The van der Waals surface area contributed by atoms with Crippen LogP contribution in [0.3, 0.4) is 0 Å². The Morgan fingerprint density at radius 1 is 0.421 bits per heavy atom. The number of allylic oxidation sites excluding steroid dienone is 7. The van der Waals surface area contributed by atoms with Crippen molar-refractivity contribution in [2.45, 2.75) is 86.0 Å². The van der Waals surface area contributed by atoms with E-state index in [9.17, 15) is 48.5 Å². The van der Waals surface area contributed by atoms with E-state index in [1.807, 2.05) is 125 Å². The molecule has 0 radical (unpaired) electrons. The van der Waals surface area contributed by atoms with E-state index in [2.05, 4.69) is 31.2 Å². The molecule has 12 N–H and O–H groups in total. The maximum Gasteiger partial charge on any atom is 0.336 e. The number of nitrogens with two attached hydrogens (primary N) is 4. The van der Waals surface area contributed by atoms with E-state index in [0.717, 1.165) is 70.9 Å². The van der Waals surface area contributed by atoms with Gasteiger partial charge in [-0.25, -0.2) is 4.79 Å². The first-order valence-corrected chi connectivity index (χ1v) is 42.2. The van der Waals surface area contributed by atoms with E-state index in [1.165, 1.54) is 82.6 Å². The van der Waals surface area contributed by atoms with Gasteiger partial charge in [-0.1, -0.05) is 150 Å². The number of aryl methyl sites for hydroxylation is 1. The molecule has 6 aromatic carbocycles. The Labute approximate surface area is 727 Å². The van der Waals surface area contributed by atoms with E-state index >= 15 is 0 Å². The number of nitrogen functional groups attached to an aromatic ring is 4. The van der Waals surface area contributed by atoms with Crippen molar-refractivity contribution < 1.29 is 48.0 Å². The van der Waals surface area contributed by atoms with Crippen LogP contribution in [0.15, 0.2) is 246 Å². The fourth-order valence-electron chi connectivity index (χ4n) is 15.3. The van der Waals surface area contributed by atoms with Gasteiger partial charge in [-0.15, -0.1) is 45.3 Å². The number of hydrogen-bond acceptors (Lipinski definition) is 25. The molecule has 6 aromatic heterocycles. The first-order valence-electron chi connectivity index (χ1n) is 37.8. The Bertz CT molecular complexity index is 6360. The first kappa shape index (κ1) is 86.1. The van der Waals surface area contributed by atoms with Gasteiger partial charge in [-0.2, -0.15) is 0 Å². The number of aromatic nitrogens is 2. The molecule has 0 bridgehead atoms. The largest absolute Gasteiger partial charge is 0.463 e. The average Bonchev–Trinajstić information content (AvgIpc) is 1.63. The van der Waals surface area contributed by atoms with Gasteiger partial charge in [0.05, 0.1) is 64.9 Å². The summed E-state index contributed by atoms with van der Waals surface area (Å²) >= 11 is 23.5. The summed E-state index contributed by atoms with van der Waals surface area (Å²) in [6.07, 6.45) is 6.74. The highest BCUT2D eigenvalue weighted by molar-refractivity contribution is 7.20. The zero-order chi connectivity index (χ0) is 86.7. The summed E-state index contributed by atoms with van der Waals surface area (Å²) in [5.74, 6) is -3.20. The minimum Gasteiger partial charge on any atom is -0.463 e. The number of non-ortho nitro benzene ring substituents is 1. The molecule has 12 aromatic rings. The van der Waals surface area contributed by atoms with Gasteiger partial charge in [0.1, 0.15) is 19.5 Å². The molecule has 10 heterocycles. The molecule has 4 aliphatic rings. The number of esters is 1. The summed E-state index contributed by atoms with van der Waals surface area (Å²) in [6, 6.07) is 51.3. The third kappa shape index (κ3) is 17.3.